The fourth-order valence-corrected chi connectivity index (χ4v) is 2.71. The molecule has 1 fully saturated rings. The molecule has 1 N–H and O–H groups in total. The average molecular weight is 290 g/mol. The Balaban J connectivity index is 2.23. The van der Waals surface area contributed by atoms with E-state index in [4.69, 9.17) is 11.6 Å². The highest BCUT2D eigenvalue weighted by molar-refractivity contribution is 6.29. The molecule has 0 aliphatic carbocycles. The van der Waals surface area contributed by atoms with Gasteiger partial charge in [0.05, 0.1) is 0 Å². The number of rotatable bonds is 3. The smallest absolute Gasteiger partial charge is 0.303 e. The average Bonchev–Trinajstić information content (AvgIpc) is 2.38. The van der Waals surface area contributed by atoms with Crippen molar-refractivity contribution in [3.63, 3.8) is 0 Å². The Labute approximate surface area is 115 Å². The molecule has 0 amide bonds. The molecule has 5 nitrogen and oxygen atoms in total. The van der Waals surface area contributed by atoms with Crippen molar-refractivity contribution < 1.29 is 4.39 Å². The quantitative estimate of drug-likeness (QED) is 0.855. The predicted octanol–water partition coefficient (Wildman–Crippen LogP) is 1.38. The van der Waals surface area contributed by atoms with Gasteiger partial charge in [0.1, 0.15) is 0 Å². The van der Waals surface area contributed by atoms with E-state index in [1.54, 1.807) is 0 Å². The van der Waals surface area contributed by atoms with Crippen LogP contribution in [0.3, 0.4) is 0 Å². The number of hydrogen-bond acceptors (Lipinski definition) is 3. The molecule has 19 heavy (non-hydrogen) atoms. The van der Waals surface area contributed by atoms with Crippen molar-refractivity contribution in [3.8, 4) is 0 Å². The van der Waals surface area contributed by atoms with Crippen molar-refractivity contribution in [2.75, 3.05) is 19.6 Å². The molecule has 2 rings (SSSR count). The topological polar surface area (TPSA) is 58.1 Å². The minimum absolute atomic E-state index is 0.254. The van der Waals surface area contributed by atoms with Gasteiger partial charge in [-0.3, -0.25) is 14.3 Å². The summed E-state index contributed by atoms with van der Waals surface area (Å²) in [5.41, 5.74) is -1.56. The van der Waals surface area contributed by atoms with E-state index in [1.165, 1.54) is 0 Å². The van der Waals surface area contributed by atoms with Crippen LogP contribution in [0.1, 0.15) is 32.2 Å². The molecule has 1 aliphatic rings. The Morgan fingerprint density at radius 2 is 2.00 bits per heavy atom. The van der Waals surface area contributed by atoms with Gasteiger partial charge in [0.2, 0.25) is 5.82 Å². The number of hydrogen-bond donors (Lipinski definition) is 1. The van der Waals surface area contributed by atoms with Crippen molar-refractivity contribution in [3.05, 3.63) is 31.8 Å². The SMILES string of the molecule is CCCN1CCC(n2c(=O)[nH]c(Cl)c(F)c2=O)CC1. The molecule has 1 aromatic rings. The second-order valence-electron chi connectivity index (χ2n) is 4.81. The fourth-order valence-electron chi connectivity index (χ4n) is 2.55. The molecule has 106 valence electrons. The maximum atomic E-state index is 13.5. The van der Waals surface area contributed by atoms with Crippen LogP contribution >= 0.6 is 11.6 Å². The van der Waals surface area contributed by atoms with E-state index in [9.17, 15) is 14.0 Å². The summed E-state index contributed by atoms with van der Waals surface area (Å²) in [6.07, 6.45) is 2.41. The number of nitrogens with one attached hydrogen (secondary N) is 1. The van der Waals surface area contributed by atoms with Crippen LogP contribution in [0.25, 0.3) is 0 Å². The van der Waals surface area contributed by atoms with Crippen LogP contribution in [0.15, 0.2) is 9.59 Å². The third-order valence-electron chi connectivity index (χ3n) is 3.50. The second-order valence-corrected chi connectivity index (χ2v) is 5.18. The number of likely N-dealkylation sites (tertiary alicyclic amines) is 1. The van der Waals surface area contributed by atoms with Crippen molar-refractivity contribution in [2.24, 2.45) is 0 Å². The number of H-pyrrole nitrogens is 1. The van der Waals surface area contributed by atoms with Crippen LogP contribution in [-0.2, 0) is 0 Å². The van der Waals surface area contributed by atoms with Crippen molar-refractivity contribution in [1.82, 2.24) is 14.5 Å². The zero-order valence-electron chi connectivity index (χ0n) is 10.8. The molecule has 0 spiro atoms. The number of aromatic amines is 1. The van der Waals surface area contributed by atoms with E-state index < -0.39 is 22.2 Å². The lowest BCUT2D eigenvalue weighted by Gasteiger charge is -2.32. The maximum absolute atomic E-state index is 13.5. The molecule has 0 atom stereocenters. The third kappa shape index (κ3) is 2.90. The molecule has 2 heterocycles. The highest BCUT2D eigenvalue weighted by atomic mass is 35.5. The van der Waals surface area contributed by atoms with E-state index in [0.29, 0.717) is 12.8 Å². The molecular weight excluding hydrogens is 273 g/mol. The van der Waals surface area contributed by atoms with Gasteiger partial charge in [0, 0.05) is 19.1 Å². The monoisotopic (exact) mass is 289 g/mol. The molecule has 1 saturated heterocycles. The number of piperidine rings is 1. The lowest BCUT2D eigenvalue weighted by atomic mass is 10.0. The molecule has 7 heteroatoms. The van der Waals surface area contributed by atoms with Gasteiger partial charge in [0.25, 0.3) is 5.56 Å². The molecular formula is C12H17ClFN3O2. The first-order valence-electron chi connectivity index (χ1n) is 6.46. The third-order valence-corrected chi connectivity index (χ3v) is 3.76. The van der Waals surface area contributed by atoms with Gasteiger partial charge in [-0.15, -0.1) is 0 Å². The summed E-state index contributed by atoms with van der Waals surface area (Å²) in [6.45, 7) is 4.74. The van der Waals surface area contributed by atoms with E-state index in [0.717, 1.165) is 30.6 Å². The summed E-state index contributed by atoms with van der Waals surface area (Å²) in [7, 11) is 0. The van der Waals surface area contributed by atoms with Crippen LogP contribution < -0.4 is 11.2 Å². The highest BCUT2D eigenvalue weighted by Crippen LogP contribution is 2.20. The minimum Gasteiger partial charge on any atom is -0.303 e. The standard InChI is InChI=1S/C12H17ClFN3O2/c1-2-5-16-6-3-8(4-7-16)17-11(18)9(14)10(13)15-12(17)19/h8H,2-7H2,1H3,(H,15,19). The lowest BCUT2D eigenvalue weighted by molar-refractivity contribution is 0.181. The number of nitrogens with zero attached hydrogens (tertiary/aromatic N) is 2. The van der Waals surface area contributed by atoms with Gasteiger partial charge in [-0.2, -0.15) is 4.39 Å². The van der Waals surface area contributed by atoms with Crippen LogP contribution in [0.2, 0.25) is 5.15 Å². The first-order valence-corrected chi connectivity index (χ1v) is 6.84. The summed E-state index contributed by atoms with van der Waals surface area (Å²) in [4.78, 5) is 28.0. The molecule has 0 unspecified atom stereocenters. The molecule has 0 bridgehead atoms. The zero-order chi connectivity index (χ0) is 14.0. The van der Waals surface area contributed by atoms with Crippen LogP contribution in [0, 0.1) is 5.82 Å². The van der Waals surface area contributed by atoms with E-state index in [-0.39, 0.29) is 6.04 Å². The normalized spacial score (nSPS) is 17.8. The van der Waals surface area contributed by atoms with Crippen LogP contribution in [0.4, 0.5) is 4.39 Å². The summed E-state index contributed by atoms with van der Waals surface area (Å²) in [5.74, 6) is -1.09. The predicted molar refractivity (Wildman–Crippen MR) is 71.3 cm³/mol. The Hall–Kier alpha value is -1.14. The lowest BCUT2D eigenvalue weighted by Crippen LogP contribution is -2.44. The Kier molecular flexibility index (Phi) is 4.42. The van der Waals surface area contributed by atoms with E-state index in [1.807, 2.05) is 0 Å². The Morgan fingerprint density at radius 3 is 2.58 bits per heavy atom. The summed E-state index contributed by atoms with van der Waals surface area (Å²) in [5, 5.41) is -0.519. The fraction of sp³-hybridized carbons (Fsp3) is 0.667. The largest absolute Gasteiger partial charge is 0.329 e. The first kappa shape index (κ1) is 14.3. The van der Waals surface area contributed by atoms with Gasteiger partial charge in [0.15, 0.2) is 5.15 Å². The van der Waals surface area contributed by atoms with Crippen molar-refractivity contribution in [1.29, 1.82) is 0 Å². The van der Waals surface area contributed by atoms with Crippen LogP contribution in [-0.4, -0.2) is 34.1 Å². The molecule has 0 saturated carbocycles. The van der Waals surface area contributed by atoms with Crippen LogP contribution in [0.5, 0.6) is 0 Å². The Bertz CT molecular complexity index is 561. The van der Waals surface area contributed by atoms with Gasteiger partial charge in [-0.1, -0.05) is 18.5 Å². The number of aromatic nitrogens is 2. The second kappa shape index (κ2) is 5.88. The molecule has 1 aliphatic heterocycles. The summed E-state index contributed by atoms with van der Waals surface area (Å²) < 4.78 is 14.4. The van der Waals surface area contributed by atoms with Gasteiger partial charge < -0.3 is 4.90 Å². The van der Waals surface area contributed by atoms with E-state index >= 15 is 0 Å². The first-order chi connectivity index (χ1) is 9.04. The van der Waals surface area contributed by atoms with Gasteiger partial charge in [-0.25, -0.2) is 4.79 Å². The maximum Gasteiger partial charge on any atom is 0.329 e. The highest BCUT2D eigenvalue weighted by Gasteiger charge is 2.24. The van der Waals surface area contributed by atoms with Gasteiger partial charge >= 0.3 is 5.69 Å². The van der Waals surface area contributed by atoms with Crippen molar-refractivity contribution in [2.45, 2.75) is 32.2 Å². The number of halogens is 2. The minimum atomic E-state index is -1.09. The van der Waals surface area contributed by atoms with E-state index in [2.05, 4.69) is 16.8 Å². The Morgan fingerprint density at radius 1 is 1.37 bits per heavy atom. The van der Waals surface area contributed by atoms with Crippen molar-refractivity contribution >= 4 is 11.6 Å². The molecule has 0 aromatic carbocycles. The summed E-state index contributed by atoms with van der Waals surface area (Å²) >= 11 is 5.44. The molecule has 1 aromatic heterocycles. The van der Waals surface area contributed by atoms with Gasteiger partial charge in [-0.05, 0) is 25.8 Å². The zero-order valence-corrected chi connectivity index (χ0v) is 11.5. The summed E-state index contributed by atoms with van der Waals surface area (Å²) in [6, 6.07) is -0.254. The molecule has 0 radical (unpaired) electrons.